The van der Waals surface area contributed by atoms with Gasteiger partial charge in [0.25, 0.3) is 5.91 Å². The van der Waals surface area contributed by atoms with Crippen molar-refractivity contribution in [1.82, 2.24) is 10.2 Å². The molecule has 0 spiro atoms. The van der Waals surface area contributed by atoms with E-state index in [1.165, 1.54) is 17.0 Å². The summed E-state index contributed by atoms with van der Waals surface area (Å²) in [7, 11) is 0. The molecule has 130 valence electrons. The number of nitrogens with one attached hydrogen (secondary N) is 1. The third kappa shape index (κ3) is 4.39. The zero-order valence-corrected chi connectivity index (χ0v) is 14.6. The van der Waals surface area contributed by atoms with Crippen molar-refractivity contribution >= 4 is 41.0 Å². The van der Waals surface area contributed by atoms with Gasteiger partial charge < -0.3 is 15.3 Å². The van der Waals surface area contributed by atoms with Crippen LogP contribution in [0.5, 0.6) is 0 Å². The van der Waals surface area contributed by atoms with Gasteiger partial charge in [0.15, 0.2) is 0 Å². The highest BCUT2D eigenvalue weighted by atomic mass is 35.5. The summed E-state index contributed by atoms with van der Waals surface area (Å²) >= 11 is 11.8. The lowest BCUT2D eigenvalue weighted by Crippen LogP contribution is -2.48. The van der Waals surface area contributed by atoms with E-state index in [0.717, 1.165) is 0 Å². The second kappa shape index (κ2) is 7.85. The molecular formula is C16H18Cl2N2O4. The highest BCUT2D eigenvalue weighted by Crippen LogP contribution is 2.26. The predicted molar refractivity (Wildman–Crippen MR) is 90.4 cm³/mol. The fourth-order valence-corrected chi connectivity index (χ4v) is 3.03. The number of benzene rings is 1. The van der Waals surface area contributed by atoms with Crippen molar-refractivity contribution in [2.45, 2.75) is 38.3 Å². The van der Waals surface area contributed by atoms with Crippen LogP contribution in [0.4, 0.5) is 0 Å². The molecule has 1 aliphatic heterocycles. The maximum atomic E-state index is 12.6. The monoisotopic (exact) mass is 372 g/mol. The molecule has 0 aliphatic carbocycles. The molecule has 2 N–H and O–H groups in total. The van der Waals surface area contributed by atoms with Crippen molar-refractivity contribution in [3.05, 3.63) is 33.8 Å². The number of hydrogen-bond donors (Lipinski definition) is 2. The van der Waals surface area contributed by atoms with Crippen molar-refractivity contribution in [1.29, 1.82) is 0 Å². The molecule has 2 amide bonds. The van der Waals surface area contributed by atoms with E-state index in [1.54, 1.807) is 13.0 Å². The number of carboxylic acid groups (broad SMARTS) is 1. The van der Waals surface area contributed by atoms with Gasteiger partial charge in [-0.1, -0.05) is 23.2 Å². The molecule has 0 saturated carbocycles. The summed E-state index contributed by atoms with van der Waals surface area (Å²) < 4.78 is 0. The number of likely N-dealkylation sites (tertiary alicyclic amines) is 1. The van der Waals surface area contributed by atoms with Crippen LogP contribution in [0.15, 0.2) is 18.2 Å². The average Bonchev–Trinajstić information content (AvgIpc) is 2.98. The minimum atomic E-state index is -0.988. The molecule has 0 bridgehead atoms. The summed E-state index contributed by atoms with van der Waals surface area (Å²) in [6, 6.07) is 3.47. The van der Waals surface area contributed by atoms with Crippen molar-refractivity contribution in [3.8, 4) is 0 Å². The summed E-state index contributed by atoms with van der Waals surface area (Å²) in [6.45, 7) is 2.08. The van der Waals surface area contributed by atoms with E-state index in [2.05, 4.69) is 5.32 Å². The molecular weight excluding hydrogens is 355 g/mol. The predicted octanol–water partition coefficient (Wildman–Crippen LogP) is 2.58. The maximum absolute atomic E-state index is 12.6. The number of carbonyl (C=O) groups excluding carboxylic acids is 2. The number of carbonyl (C=O) groups is 3. The molecule has 24 heavy (non-hydrogen) atoms. The Kier molecular flexibility index (Phi) is 6.07. The second-order valence-corrected chi connectivity index (χ2v) is 6.61. The first-order valence-electron chi connectivity index (χ1n) is 7.57. The van der Waals surface area contributed by atoms with Crippen molar-refractivity contribution in [3.63, 3.8) is 0 Å². The van der Waals surface area contributed by atoms with Gasteiger partial charge in [0.05, 0.1) is 16.5 Å². The number of carboxylic acids is 1. The van der Waals surface area contributed by atoms with Crippen LogP contribution >= 0.6 is 23.2 Å². The molecule has 1 saturated heterocycles. The van der Waals surface area contributed by atoms with Gasteiger partial charge in [-0.05, 0) is 38.0 Å². The fourth-order valence-electron chi connectivity index (χ4n) is 2.73. The summed E-state index contributed by atoms with van der Waals surface area (Å²) in [6.07, 6.45) is 1.08. The molecule has 2 atom stereocenters. The Balaban J connectivity index is 2.08. The average molecular weight is 373 g/mol. The van der Waals surface area contributed by atoms with E-state index in [0.29, 0.717) is 30.0 Å². The Hall–Kier alpha value is -1.79. The number of hydrogen-bond acceptors (Lipinski definition) is 3. The van der Waals surface area contributed by atoms with Crippen molar-refractivity contribution in [2.24, 2.45) is 0 Å². The molecule has 0 radical (unpaired) electrons. The standard InChI is InChI=1S/C16H18Cl2N2O4/c1-9(7-14(21)22)19-15(23)13-3-2-6-20(13)16(24)10-4-5-11(17)12(18)8-10/h4-5,8-9,13H,2-3,6-7H2,1H3,(H,19,23)(H,21,22). The Labute approximate surface area is 149 Å². The first kappa shape index (κ1) is 18.5. The largest absolute Gasteiger partial charge is 0.481 e. The maximum Gasteiger partial charge on any atom is 0.305 e. The molecule has 8 heteroatoms. The number of rotatable bonds is 5. The van der Waals surface area contributed by atoms with Gasteiger partial charge >= 0.3 is 5.97 Å². The number of amides is 2. The van der Waals surface area contributed by atoms with Crippen LogP contribution in [0.25, 0.3) is 0 Å². The van der Waals surface area contributed by atoms with E-state index >= 15 is 0 Å². The number of nitrogens with zero attached hydrogens (tertiary/aromatic N) is 1. The number of aliphatic carboxylic acids is 1. The lowest BCUT2D eigenvalue weighted by molar-refractivity contribution is -0.137. The third-order valence-electron chi connectivity index (χ3n) is 3.85. The van der Waals surface area contributed by atoms with Gasteiger partial charge in [0.2, 0.25) is 5.91 Å². The first-order valence-corrected chi connectivity index (χ1v) is 8.33. The van der Waals surface area contributed by atoms with E-state index in [4.69, 9.17) is 28.3 Å². The van der Waals surface area contributed by atoms with Gasteiger partial charge in [-0.2, -0.15) is 0 Å². The van der Waals surface area contributed by atoms with Crippen molar-refractivity contribution in [2.75, 3.05) is 6.54 Å². The minimum Gasteiger partial charge on any atom is -0.481 e. The molecule has 1 fully saturated rings. The SMILES string of the molecule is CC(CC(=O)O)NC(=O)C1CCCN1C(=O)c1ccc(Cl)c(Cl)c1. The van der Waals surface area contributed by atoms with Crippen LogP contribution in [0.1, 0.15) is 36.5 Å². The van der Waals surface area contributed by atoms with Gasteiger partial charge in [-0.15, -0.1) is 0 Å². The van der Waals surface area contributed by atoms with Crippen LogP contribution in [-0.2, 0) is 9.59 Å². The van der Waals surface area contributed by atoms with Crippen molar-refractivity contribution < 1.29 is 19.5 Å². The smallest absolute Gasteiger partial charge is 0.305 e. The van der Waals surface area contributed by atoms with Crippen LogP contribution in [0.2, 0.25) is 10.0 Å². The summed E-state index contributed by atoms with van der Waals surface area (Å²) in [5.41, 5.74) is 0.364. The molecule has 1 heterocycles. The molecule has 1 aromatic carbocycles. The second-order valence-electron chi connectivity index (χ2n) is 5.79. The zero-order chi connectivity index (χ0) is 17.9. The molecule has 6 nitrogen and oxygen atoms in total. The van der Waals surface area contributed by atoms with Crippen LogP contribution in [-0.4, -0.2) is 46.4 Å². The quantitative estimate of drug-likeness (QED) is 0.831. The van der Waals surface area contributed by atoms with E-state index < -0.39 is 18.1 Å². The molecule has 1 aromatic rings. The summed E-state index contributed by atoms with van der Waals surface area (Å²) in [5.74, 6) is -1.62. The van der Waals surface area contributed by atoms with Gasteiger partial charge in [-0.25, -0.2) is 0 Å². The van der Waals surface area contributed by atoms with Crippen LogP contribution in [0, 0.1) is 0 Å². The summed E-state index contributed by atoms with van der Waals surface area (Å²) in [5, 5.41) is 12.0. The van der Waals surface area contributed by atoms with Gasteiger partial charge in [-0.3, -0.25) is 14.4 Å². The van der Waals surface area contributed by atoms with Crippen LogP contribution < -0.4 is 5.32 Å². The molecule has 1 aliphatic rings. The molecule has 2 unspecified atom stereocenters. The van der Waals surface area contributed by atoms with Gasteiger partial charge in [0.1, 0.15) is 6.04 Å². The fraction of sp³-hybridized carbons (Fsp3) is 0.438. The van der Waals surface area contributed by atoms with Gasteiger partial charge in [0, 0.05) is 18.2 Å². The Morgan fingerprint density at radius 3 is 2.67 bits per heavy atom. The minimum absolute atomic E-state index is 0.167. The highest BCUT2D eigenvalue weighted by Gasteiger charge is 2.35. The van der Waals surface area contributed by atoms with E-state index in [1.807, 2.05) is 0 Å². The lowest BCUT2D eigenvalue weighted by Gasteiger charge is -2.25. The lowest BCUT2D eigenvalue weighted by atomic mass is 10.1. The van der Waals surface area contributed by atoms with Crippen LogP contribution in [0.3, 0.4) is 0 Å². The van der Waals surface area contributed by atoms with E-state index in [-0.39, 0.29) is 23.3 Å². The number of halogens is 2. The normalized spacial score (nSPS) is 18.3. The first-order chi connectivity index (χ1) is 11.3. The highest BCUT2D eigenvalue weighted by molar-refractivity contribution is 6.42. The topological polar surface area (TPSA) is 86.7 Å². The van der Waals surface area contributed by atoms with E-state index in [9.17, 15) is 14.4 Å². The Bertz CT molecular complexity index is 665. The zero-order valence-electron chi connectivity index (χ0n) is 13.1. The molecule has 0 aromatic heterocycles. The Morgan fingerprint density at radius 2 is 2.04 bits per heavy atom. The molecule has 2 rings (SSSR count). The Morgan fingerprint density at radius 1 is 1.33 bits per heavy atom. The third-order valence-corrected chi connectivity index (χ3v) is 4.59. The summed E-state index contributed by atoms with van der Waals surface area (Å²) in [4.78, 5) is 37.2.